The van der Waals surface area contributed by atoms with Crippen molar-refractivity contribution < 1.29 is 22.9 Å². The quantitative estimate of drug-likeness (QED) is 0.271. The number of hydrogen-bond donors (Lipinski definition) is 2. The van der Waals surface area contributed by atoms with Gasteiger partial charge in [-0.05, 0) is 46.7 Å². The third kappa shape index (κ3) is 5.30. The van der Waals surface area contributed by atoms with Gasteiger partial charge in [0.15, 0.2) is 0 Å². The highest BCUT2D eigenvalue weighted by Gasteiger charge is 2.33. The van der Waals surface area contributed by atoms with E-state index < -0.39 is 28.3 Å². The molecule has 1 aromatic heterocycles. The first-order chi connectivity index (χ1) is 14.3. The summed E-state index contributed by atoms with van der Waals surface area (Å²) in [6.45, 7) is 0. The maximum Gasteiger partial charge on any atom is 0.416 e. The minimum atomic E-state index is -4.72. The molecule has 6 nitrogen and oxygen atoms in total. The fraction of sp³-hybridized carbons (Fsp3) is 0.105. The van der Waals surface area contributed by atoms with Gasteiger partial charge >= 0.3 is 6.18 Å². The molecule has 1 heterocycles. The fourth-order valence-corrected chi connectivity index (χ4v) is 4.24. The lowest BCUT2D eigenvalue weighted by Gasteiger charge is -2.13. The summed E-state index contributed by atoms with van der Waals surface area (Å²) in [5.74, 6) is 0.0867. The second-order valence-electron chi connectivity index (χ2n) is 5.98. The molecular weight excluding hydrogens is 439 g/mol. The Morgan fingerprint density at radius 3 is 2.60 bits per heavy atom. The molecule has 0 bridgehead atoms. The number of nitro groups is 1. The van der Waals surface area contributed by atoms with E-state index >= 15 is 0 Å². The number of amides is 1. The summed E-state index contributed by atoms with van der Waals surface area (Å²) in [6, 6.07) is 10.8. The van der Waals surface area contributed by atoms with Crippen molar-refractivity contribution in [1.29, 1.82) is 0 Å². The zero-order valence-corrected chi connectivity index (χ0v) is 16.7. The van der Waals surface area contributed by atoms with Gasteiger partial charge in [-0.2, -0.15) is 24.5 Å². The van der Waals surface area contributed by atoms with Gasteiger partial charge in [0, 0.05) is 16.7 Å². The van der Waals surface area contributed by atoms with Crippen molar-refractivity contribution in [3.8, 4) is 0 Å². The summed E-state index contributed by atoms with van der Waals surface area (Å²) >= 11 is 3.02. The Hall–Kier alpha value is -3.05. The number of nitrogens with one attached hydrogen (secondary N) is 2. The Morgan fingerprint density at radius 1 is 1.17 bits per heavy atom. The average molecular weight is 453 g/mol. The van der Waals surface area contributed by atoms with E-state index in [1.165, 1.54) is 11.8 Å². The molecule has 3 aromatic rings. The van der Waals surface area contributed by atoms with Crippen molar-refractivity contribution in [2.45, 2.75) is 16.8 Å². The first kappa shape index (κ1) is 21.7. The second-order valence-corrected chi connectivity index (χ2v) is 7.78. The number of hydrogen-bond acceptors (Lipinski definition) is 6. The zero-order chi connectivity index (χ0) is 21.7. The van der Waals surface area contributed by atoms with Crippen LogP contribution in [0.25, 0.3) is 0 Å². The summed E-state index contributed by atoms with van der Waals surface area (Å²) in [5, 5.41) is 15.1. The van der Waals surface area contributed by atoms with Crippen LogP contribution in [-0.4, -0.2) is 10.8 Å². The Balaban J connectivity index is 1.74. The van der Waals surface area contributed by atoms with Crippen LogP contribution in [0.2, 0.25) is 0 Å². The molecule has 2 N–H and O–H groups in total. The molecule has 0 spiro atoms. The maximum atomic E-state index is 12.8. The lowest BCUT2D eigenvalue weighted by molar-refractivity contribution is -0.384. The number of carbonyl (C=O) groups excluding carboxylic acids is 1. The van der Waals surface area contributed by atoms with E-state index in [4.69, 9.17) is 0 Å². The van der Waals surface area contributed by atoms with Crippen molar-refractivity contribution >= 4 is 40.4 Å². The van der Waals surface area contributed by atoms with Crippen LogP contribution in [0.15, 0.2) is 64.2 Å². The van der Waals surface area contributed by atoms with Gasteiger partial charge in [-0.3, -0.25) is 25.8 Å². The van der Waals surface area contributed by atoms with E-state index in [2.05, 4.69) is 10.9 Å². The number of nitrogens with zero attached hydrogens (tertiary/aromatic N) is 1. The summed E-state index contributed by atoms with van der Waals surface area (Å²) in [6.07, 6.45) is -4.72. The van der Waals surface area contributed by atoms with Crippen LogP contribution >= 0.6 is 23.1 Å². The monoisotopic (exact) mass is 453 g/mol. The summed E-state index contributed by atoms with van der Waals surface area (Å²) in [4.78, 5) is 23.5. The molecule has 0 unspecified atom stereocenters. The van der Waals surface area contributed by atoms with E-state index in [0.717, 1.165) is 11.6 Å². The van der Waals surface area contributed by atoms with Crippen molar-refractivity contribution in [3.05, 3.63) is 86.1 Å². The standard InChI is InChI=1S/C19H14F3N3O3S2/c20-19(21,22)13-5-6-15(16(9-13)25(27)28)23-24-18(26)14-3-1-2-4-17(14)30-11-12-7-8-29-10-12/h1-10,23H,11H2,(H,24,26). The molecule has 0 saturated carbocycles. The minimum Gasteiger partial charge on any atom is -0.292 e. The van der Waals surface area contributed by atoms with Crippen LogP contribution in [0.1, 0.15) is 21.5 Å². The second kappa shape index (κ2) is 9.18. The fourth-order valence-electron chi connectivity index (χ4n) is 2.47. The SMILES string of the molecule is O=C(NNc1ccc(C(F)(F)F)cc1[N+](=O)[O-])c1ccccc1SCc1ccsc1. The Bertz CT molecular complexity index is 1060. The number of benzene rings is 2. The molecular formula is C19H14F3N3O3S2. The van der Waals surface area contributed by atoms with Crippen LogP contribution in [0.4, 0.5) is 24.5 Å². The van der Waals surface area contributed by atoms with E-state index in [1.54, 1.807) is 35.6 Å². The molecule has 156 valence electrons. The van der Waals surface area contributed by atoms with Gasteiger partial charge in [0.1, 0.15) is 5.69 Å². The van der Waals surface area contributed by atoms with E-state index in [9.17, 15) is 28.1 Å². The molecule has 0 saturated heterocycles. The lowest BCUT2D eigenvalue weighted by Crippen LogP contribution is -2.30. The summed E-state index contributed by atoms with van der Waals surface area (Å²) < 4.78 is 38.4. The number of thiophene rings is 1. The highest BCUT2D eigenvalue weighted by atomic mass is 32.2. The highest BCUT2D eigenvalue weighted by Crippen LogP contribution is 2.35. The predicted molar refractivity (Wildman–Crippen MR) is 110 cm³/mol. The van der Waals surface area contributed by atoms with E-state index in [1.807, 2.05) is 16.8 Å². The topological polar surface area (TPSA) is 84.3 Å². The number of halogens is 3. The molecule has 0 aliphatic heterocycles. The van der Waals surface area contributed by atoms with Crippen LogP contribution in [-0.2, 0) is 11.9 Å². The lowest BCUT2D eigenvalue weighted by atomic mass is 10.1. The Morgan fingerprint density at radius 2 is 1.93 bits per heavy atom. The first-order valence-electron chi connectivity index (χ1n) is 8.40. The van der Waals surface area contributed by atoms with Gasteiger partial charge in [-0.15, -0.1) is 11.8 Å². The van der Waals surface area contributed by atoms with E-state index in [0.29, 0.717) is 28.3 Å². The molecule has 0 aliphatic rings. The number of anilines is 1. The van der Waals surface area contributed by atoms with Gasteiger partial charge in [-0.1, -0.05) is 12.1 Å². The maximum absolute atomic E-state index is 12.8. The molecule has 0 fully saturated rings. The number of rotatable bonds is 7. The third-order valence-electron chi connectivity index (χ3n) is 3.94. The van der Waals surface area contributed by atoms with Gasteiger partial charge in [0.2, 0.25) is 0 Å². The molecule has 3 rings (SSSR count). The van der Waals surface area contributed by atoms with Gasteiger partial charge in [0.05, 0.1) is 16.1 Å². The largest absolute Gasteiger partial charge is 0.416 e. The smallest absolute Gasteiger partial charge is 0.292 e. The first-order valence-corrected chi connectivity index (χ1v) is 10.3. The number of nitro benzene ring substituents is 1. The Kier molecular flexibility index (Phi) is 6.63. The zero-order valence-electron chi connectivity index (χ0n) is 15.1. The summed E-state index contributed by atoms with van der Waals surface area (Å²) in [5.41, 5.74) is 3.90. The van der Waals surface area contributed by atoms with Crippen molar-refractivity contribution in [2.24, 2.45) is 0 Å². The number of thioether (sulfide) groups is 1. The van der Waals surface area contributed by atoms with Crippen molar-refractivity contribution in [1.82, 2.24) is 5.43 Å². The molecule has 30 heavy (non-hydrogen) atoms. The number of alkyl halides is 3. The molecule has 2 aromatic carbocycles. The van der Waals surface area contributed by atoms with Gasteiger partial charge < -0.3 is 0 Å². The molecule has 1 amide bonds. The predicted octanol–water partition coefficient (Wildman–Crippen LogP) is 5.72. The van der Waals surface area contributed by atoms with Crippen LogP contribution < -0.4 is 10.9 Å². The van der Waals surface area contributed by atoms with Gasteiger partial charge in [-0.25, -0.2) is 0 Å². The van der Waals surface area contributed by atoms with Gasteiger partial charge in [0.25, 0.3) is 11.6 Å². The van der Waals surface area contributed by atoms with Crippen LogP contribution in [0.5, 0.6) is 0 Å². The van der Waals surface area contributed by atoms with Crippen molar-refractivity contribution in [3.63, 3.8) is 0 Å². The molecule has 0 aliphatic carbocycles. The highest BCUT2D eigenvalue weighted by molar-refractivity contribution is 7.98. The normalized spacial score (nSPS) is 11.2. The van der Waals surface area contributed by atoms with Crippen LogP contribution in [0.3, 0.4) is 0 Å². The van der Waals surface area contributed by atoms with Crippen molar-refractivity contribution in [2.75, 3.05) is 5.43 Å². The number of carbonyl (C=O) groups is 1. The molecule has 0 radical (unpaired) electrons. The van der Waals surface area contributed by atoms with E-state index in [-0.39, 0.29) is 5.69 Å². The molecule has 0 atom stereocenters. The average Bonchev–Trinajstić information content (AvgIpc) is 3.23. The third-order valence-corrected chi connectivity index (χ3v) is 5.82. The number of hydrazine groups is 1. The summed E-state index contributed by atoms with van der Waals surface area (Å²) in [7, 11) is 0. The Labute approximate surface area is 177 Å². The van der Waals surface area contributed by atoms with Crippen LogP contribution in [0, 0.1) is 10.1 Å². The minimum absolute atomic E-state index is 0.259. The molecule has 11 heteroatoms.